The Bertz CT molecular complexity index is 942. The predicted molar refractivity (Wildman–Crippen MR) is 247 cm³/mol. The highest BCUT2D eigenvalue weighted by atomic mass is 16.6. The molecule has 0 radical (unpaired) electrons. The van der Waals surface area contributed by atoms with Gasteiger partial charge in [-0.05, 0) is 44.9 Å². The third-order valence-corrected chi connectivity index (χ3v) is 11.2. The summed E-state index contributed by atoms with van der Waals surface area (Å²) in [5, 5.41) is 0. The lowest BCUT2D eigenvalue weighted by molar-refractivity contribution is -0.167. The largest absolute Gasteiger partial charge is 0.462 e. The first kappa shape index (κ1) is 55.9. The Morgan fingerprint density at radius 2 is 0.672 bits per heavy atom. The highest BCUT2D eigenvalue weighted by Crippen LogP contribution is 2.16. The van der Waals surface area contributed by atoms with Gasteiger partial charge >= 0.3 is 17.9 Å². The van der Waals surface area contributed by atoms with Crippen molar-refractivity contribution in [2.75, 3.05) is 13.2 Å². The van der Waals surface area contributed by atoms with Crippen LogP contribution in [0.4, 0.5) is 0 Å². The second kappa shape index (κ2) is 47.6. The van der Waals surface area contributed by atoms with Crippen molar-refractivity contribution in [3.05, 3.63) is 24.3 Å². The SMILES string of the molecule is CC/C=C\C/C=C\CCCCCCCC(=O)OC(COC(=O)CCCCCCCCCCCCCC)COC(=O)CCCCCCCCCCCCCCCCCC. The van der Waals surface area contributed by atoms with Gasteiger partial charge in [0.15, 0.2) is 6.10 Å². The smallest absolute Gasteiger partial charge is 0.306 e. The van der Waals surface area contributed by atoms with Crippen LogP contribution in [0.5, 0.6) is 0 Å². The molecular weight excluding hydrogens is 721 g/mol. The second-order valence-electron chi connectivity index (χ2n) is 17.1. The van der Waals surface area contributed by atoms with Crippen LogP contribution in [0.3, 0.4) is 0 Å². The van der Waals surface area contributed by atoms with E-state index in [9.17, 15) is 14.4 Å². The van der Waals surface area contributed by atoms with E-state index >= 15 is 0 Å². The van der Waals surface area contributed by atoms with Crippen molar-refractivity contribution in [3.8, 4) is 0 Å². The van der Waals surface area contributed by atoms with Gasteiger partial charge in [-0.2, -0.15) is 0 Å². The van der Waals surface area contributed by atoms with Gasteiger partial charge in [-0.25, -0.2) is 0 Å². The normalized spacial score (nSPS) is 12.1. The van der Waals surface area contributed by atoms with Gasteiger partial charge in [-0.15, -0.1) is 0 Å². The van der Waals surface area contributed by atoms with Crippen LogP contribution >= 0.6 is 0 Å². The number of unbranched alkanes of at least 4 members (excludes halogenated alkanes) is 31. The molecule has 0 aromatic heterocycles. The molecule has 0 bridgehead atoms. The summed E-state index contributed by atoms with van der Waals surface area (Å²) in [4.78, 5) is 37.9. The summed E-state index contributed by atoms with van der Waals surface area (Å²) < 4.78 is 16.8. The van der Waals surface area contributed by atoms with E-state index in [0.29, 0.717) is 19.3 Å². The van der Waals surface area contributed by atoms with Crippen molar-refractivity contribution < 1.29 is 28.6 Å². The minimum Gasteiger partial charge on any atom is -0.462 e. The van der Waals surface area contributed by atoms with Crippen LogP contribution in [-0.2, 0) is 28.6 Å². The van der Waals surface area contributed by atoms with Crippen molar-refractivity contribution in [3.63, 3.8) is 0 Å². The van der Waals surface area contributed by atoms with Gasteiger partial charge in [0.05, 0.1) is 0 Å². The fourth-order valence-electron chi connectivity index (χ4n) is 7.42. The van der Waals surface area contributed by atoms with Crippen molar-refractivity contribution in [1.29, 1.82) is 0 Å². The molecule has 0 N–H and O–H groups in total. The number of carbonyl (C=O) groups is 3. The molecule has 340 valence electrons. The molecule has 0 aromatic rings. The van der Waals surface area contributed by atoms with E-state index in [1.165, 1.54) is 141 Å². The molecule has 0 fully saturated rings. The zero-order chi connectivity index (χ0) is 42.3. The molecule has 6 nitrogen and oxygen atoms in total. The molecule has 0 aliphatic rings. The molecule has 0 rings (SSSR count). The Kier molecular flexibility index (Phi) is 45.8. The molecule has 0 amide bonds. The third kappa shape index (κ3) is 45.0. The molecule has 0 heterocycles. The molecule has 6 heteroatoms. The summed E-state index contributed by atoms with van der Waals surface area (Å²) in [7, 11) is 0. The maximum Gasteiger partial charge on any atom is 0.306 e. The molecule has 0 saturated heterocycles. The van der Waals surface area contributed by atoms with Crippen molar-refractivity contribution in [1.82, 2.24) is 0 Å². The second-order valence-corrected chi connectivity index (χ2v) is 17.1. The number of allylic oxidation sites excluding steroid dienone is 4. The summed E-state index contributed by atoms with van der Waals surface area (Å²) >= 11 is 0. The lowest BCUT2D eigenvalue weighted by atomic mass is 10.0. The molecule has 0 saturated carbocycles. The van der Waals surface area contributed by atoms with E-state index < -0.39 is 6.10 Å². The quantitative estimate of drug-likeness (QED) is 0.0263. The van der Waals surface area contributed by atoms with Crippen LogP contribution in [0, 0.1) is 0 Å². The maximum atomic E-state index is 12.7. The monoisotopic (exact) mass is 817 g/mol. The highest BCUT2D eigenvalue weighted by Gasteiger charge is 2.19. The van der Waals surface area contributed by atoms with Crippen LogP contribution in [0.25, 0.3) is 0 Å². The Morgan fingerprint density at radius 3 is 1.03 bits per heavy atom. The molecule has 58 heavy (non-hydrogen) atoms. The summed E-state index contributed by atoms with van der Waals surface area (Å²) in [6.07, 6.45) is 53.0. The molecule has 0 aromatic carbocycles. The van der Waals surface area contributed by atoms with Crippen molar-refractivity contribution in [2.24, 2.45) is 0 Å². The van der Waals surface area contributed by atoms with E-state index in [0.717, 1.165) is 89.9 Å². The summed E-state index contributed by atoms with van der Waals surface area (Å²) in [5.41, 5.74) is 0. The minimum atomic E-state index is -0.771. The zero-order valence-corrected chi connectivity index (χ0v) is 38.8. The van der Waals surface area contributed by atoms with Gasteiger partial charge in [0, 0.05) is 19.3 Å². The van der Waals surface area contributed by atoms with Crippen LogP contribution < -0.4 is 0 Å². The molecule has 1 atom stereocenters. The Balaban J connectivity index is 4.32. The number of esters is 3. The lowest BCUT2D eigenvalue weighted by Crippen LogP contribution is -2.30. The van der Waals surface area contributed by atoms with Gasteiger partial charge in [0.25, 0.3) is 0 Å². The van der Waals surface area contributed by atoms with Crippen LogP contribution in [0.2, 0.25) is 0 Å². The van der Waals surface area contributed by atoms with Gasteiger partial charge in [-0.1, -0.05) is 231 Å². The highest BCUT2D eigenvalue weighted by molar-refractivity contribution is 5.71. The molecular formula is C52H96O6. The summed E-state index contributed by atoms with van der Waals surface area (Å²) in [5.74, 6) is -0.875. The number of hydrogen-bond donors (Lipinski definition) is 0. The lowest BCUT2D eigenvalue weighted by Gasteiger charge is -2.18. The fourth-order valence-corrected chi connectivity index (χ4v) is 7.42. The number of hydrogen-bond acceptors (Lipinski definition) is 6. The predicted octanol–water partition coefficient (Wildman–Crippen LogP) is 16.4. The fraction of sp³-hybridized carbons (Fsp3) is 0.865. The zero-order valence-electron chi connectivity index (χ0n) is 38.8. The van der Waals surface area contributed by atoms with E-state index in [1.807, 2.05) is 0 Å². The van der Waals surface area contributed by atoms with Gasteiger partial charge in [0.2, 0.25) is 0 Å². The molecule has 0 aliphatic heterocycles. The van der Waals surface area contributed by atoms with Crippen LogP contribution in [0.15, 0.2) is 24.3 Å². The first-order chi connectivity index (χ1) is 28.5. The van der Waals surface area contributed by atoms with Crippen LogP contribution in [0.1, 0.15) is 271 Å². The molecule has 0 aliphatic carbocycles. The number of rotatable bonds is 46. The van der Waals surface area contributed by atoms with Gasteiger partial charge < -0.3 is 14.2 Å². The third-order valence-electron chi connectivity index (χ3n) is 11.2. The van der Waals surface area contributed by atoms with Gasteiger partial charge in [-0.3, -0.25) is 14.4 Å². The Morgan fingerprint density at radius 1 is 0.362 bits per heavy atom. The standard InChI is InChI=1S/C52H96O6/c1-4-7-10-13-16-19-22-25-26-27-28-31-33-36-39-42-45-51(54)57-48-49(58-52(55)46-43-40-37-34-30-24-21-18-15-12-9-6-3)47-56-50(53)44-41-38-35-32-29-23-20-17-14-11-8-5-2/h9,12,18,21,49H,4-8,10-11,13-17,19-20,22-48H2,1-3H3/b12-9-,21-18-. The van der Waals surface area contributed by atoms with E-state index in [1.54, 1.807) is 0 Å². The van der Waals surface area contributed by atoms with Crippen LogP contribution in [-0.4, -0.2) is 37.2 Å². The Hall–Kier alpha value is -2.11. The van der Waals surface area contributed by atoms with Crippen molar-refractivity contribution >= 4 is 17.9 Å². The van der Waals surface area contributed by atoms with Crippen molar-refractivity contribution in [2.45, 2.75) is 277 Å². The first-order valence-electron chi connectivity index (χ1n) is 25.3. The maximum absolute atomic E-state index is 12.7. The minimum absolute atomic E-state index is 0.0724. The van der Waals surface area contributed by atoms with Gasteiger partial charge in [0.1, 0.15) is 13.2 Å². The summed E-state index contributed by atoms with van der Waals surface area (Å²) in [6.45, 7) is 6.54. The average molecular weight is 817 g/mol. The van der Waals surface area contributed by atoms with E-state index in [2.05, 4.69) is 45.1 Å². The number of carbonyl (C=O) groups excluding carboxylic acids is 3. The van der Waals surface area contributed by atoms with E-state index in [-0.39, 0.29) is 31.1 Å². The summed E-state index contributed by atoms with van der Waals surface area (Å²) in [6, 6.07) is 0. The molecule has 1 unspecified atom stereocenters. The topological polar surface area (TPSA) is 78.9 Å². The molecule has 0 spiro atoms. The Labute approximate surface area is 360 Å². The van der Waals surface area contributed by atoms with E-state index in [4.69, 9.17) is 14.2 Å². The average Bonchev–Trinajstić information content (AvgIpc) is 3.22. The first-order valence-corrected chi connectivity index (χ1v) is 25.3. The number of ether oxygens (including phenoxy) is 3.